The summed E-state index contributed by atoms with van der Waals surface area (Å²) in [6.45, 7) is 1.04. The highest BCUT2D eigenvalue weighted by molar-refractivity contribution is 7.90. The molecule has 0 saturated heterocycles. The average molecular weight is 294 g/mol. The summed E-state index contributed by atoms with van der Waals surface area (Å²) in [7, 11) is -3.50. The monoisotopic (exact) mass is 294 g/mol. The number of fused-ring (bicyclic) bond motifs is 1. The van der Waals surface area contributed by atoms with Gasteiger partial charge in [0.05, 0.1) is 5.69 Å². The van der Waals surface area contributed by atoms with Gasteiger partial charge in [0.1, 0.15) is 5.69 Å². The van der Waals surface area contributed by atoms with Gasteiger partial charge < -0.3 is 5.32 Å². The number of aromatic nitrogens is 2. The number of carbonyl (C=O) groups excluding carboxylic acids is 1. The van der Waals surface area contributed by atoms with E-state index in [1.807, 2.05) is 0 Å². The minimum atomic E-state index is -4.96. The number of aryl methyl sites for hydroxylation is 1. The lowest BCUT2D eigenvalue weighted by atomic mass is 10.1. The quantitative estimate of drug-likeness (QED) is 0.772. The maximum atomic E-state index is 12.2. The Hall–Kier alpha value is -1.55. The number of nitrogens with one attached hydrogen (secondary N) is 2. The maximum absolute atomic E-state index is 12.2. The van der Waals surface area contributed by atoms with Crippen molar-refractivity contribution in [3.8, 4) is 0 Å². The number of rotatable bonds is 3. The van der Waals surface area contributed by atoms with Crippen molar-refractivity contribution < 1.29 is 22.0 Å². The van der Waals surface area contributed by atoms with Crippen LogP contribution in [0.25, 0.3) is 0 Å². The summed E-state index contributed by atoms with van der Waals surface area (Å²) in [5.41, 5.74) is 1.18. The van der Waals surface area contributed by atoms with Gasteiger partial charge in [-0.25, -0.2) is 13.1 Å². The molecule has 2 N–H and O–H groups in total. The number of sulfonamides is 1. The van der Waals surface area contributed by atoms with E-state index in [0.29, 0.717) is 30.8 Å². The number of hydrogen-bond acceptors (Lipinski definition) is 5. The molecule has 0 aromatic carbocycles. The maximum Gasteiger partial charge on any atom is 0.355 e. The van der Waals surface area contributed by atoms with Gasteiger partial charge in [-0.05, 0) is 0 Å². The van der Waals surface area contributed by atoms with Crippen LogP contribution in [0.2, 0.25) is 0 Å². The van der Waals surface area contributed by atoms with Crippen LogP contribution in [0.4, 0.5) is 8.78 Å². The Bertz CT molecular complexity index is 611. The Labute approximate surface area is 108 Å². The van der Waals surface area contributed by atoms with E-state index in [1.165, 1.54) is 16.5 Å². The number of amides is 1. The second kappa shape index (κ2) is 4.85. The molecule has 2 heterocycles. The van der Waals surface area contributed by atoms with Crippen LogP contribution in [0.15, 0.2) is 0 Å². The molecule has 0 radical (unpaired) electrons. The molecule has 2 rings (SSSR count). The molecule has 1 aromatic rings. The number of halogens is 2. The smallest absolute Gasteiger partial charge is 0.312 e. The third-order valence-electron chi connectivity index (χ3n) is 2.75. The summed E-state index contributed by atoms with van der Waals surface area (Å²) in [6.07, 6.45) is 0.595. The first-order valence-electron chi connectivity index (χ1n) is 5.42. The van der Waals surface area contributed by atoms with Gasteiger partial charge in [0, 0.05) is 32.1 Å². The summed E-state index contributed by atoms with van der Waals surface area (Å²) < 4.78 is 49.0. The van der Waals surface area contributed by atoms with Crippen LogP contribution >= 0.6 is 0 Å². The molecular formula is C9H12F2N4O3S. The molecule has 0 aliphatic carbocycles. The van der Waals surface area contributed by atoms with Crippen molar-refractivity contribution in [2.75, 3.05) is 6.54 Å². The average Bonchev–Trinajstić information content (AvgIpc) is 2.63. The third kappa shape index (κ3) is 2.59. The Morgan fingerprint density at radius 1 is 1.53 bits per heavy atom. The van der Waals surface area contributed by atoms with E-state index < -0.39 is 21.7 Å². The van der Waals surface area contributed by atoms with Gasteiger partial charge in [-0.1, -0.05) is 0 Å². The molecule has 0 bridgehead atoms. The highest BCUT2D eigenvalue weighted by Gasteiger charge is 2.30. The number of nitrogens with zero attached hydrogens (tertiary/aromatic N) is 2. The fraction of sp³-hybridized carbons (Fsp3) is 0.556. The van der Waals surface area contributed by atoms with Gasteiger partial charge in [-0.3, -0.25) is 9.48 Å². The van der Waals surface area contributed by atoms with E-state index in [-0.39, 0.29) is 5.69 Å². The SMILES string of the molecule is Cn1nc2c(c1C(=O)NS(=O)(=O)C(F)F)CNCC2. The van der Waals surface area contributed by atoms with Gasteiger partial charge >= 0.3 is 5.76 Å². The van der Waals surface area contributed by atoms with E-state index >= 15 is 0 Å². The Morgan fingerprint density at radius 3 is 2.84 bits per heavy atom. The molecule has 0 saturated carbocycles. The van der Waals surface area contributed by atoms with Gasteiger partial charge in [-0.2, -0.15) is 13.9 Å². The number of alkyl halides is 2. The molecule has 1 aromatic heterocycles. The van der Waals surface area contributed by atoms with Crippen molar-refractivity contribution in [1.29, 1.82) is 0 Å². The summed E-state index contributed by atoms with van der Waals surface area (Å²) >= 11 is 0. The molecule has 19 heavy (non-hydrogen) atoms. The summed E-state index contributed by atoms with van der Waals surface area (Å²) in [5.74, 6) is -4.75. The highest BCUT2D eigenvalue weighted by Crippen LogP contribution is 2.18. The lowest BCUT2D eigenvalue weighted by molar-refractivity contribution is 0.0966. The van der Waals surface area contributed by atoms with Gasteiger partial charge in [0.15, 0.2) is 0 Å². The lowest BCUT2D eigenvalue weighted by Crippen LogP contribution is -2.37. The molecule has 7 nitrogen and oxygen atoms in total. The molecular weight excluding hydrogens is 282 g/mol. The Balaban J connectivity index is 2.32. The predicted octanol–water partition coefficient (Wildman–Crippen LogP) is -0.652. The molecule has 10 heteroatoms. The van der Waals surface area contributed by atoms with Crippen LogP contribution in [0.1, 0.15) is 21.7 Å². The largest absolute Gasteiger partial charge is 0.355 e. The van der Waals surface area contributed by atoms with E-state index in [0.717, 1.165) is 0 Å². The van der Waals surface area contributed by atoms with E-state index in [1.54, 1.807) is 0 Å². The molecule has 1 aliphatic heterocycles. The van der Waals surface area contributed by atoms with Crippen molar-refractivity contribution in [2.24, 2.45) is 7.05 Å². The minimum Gasteiger partial charge on any atom is -0.312 e. The first-order valence-corrected chi connectivity index (χ1v) is 6.97. The van der Waals surface area contributed by atoms with Crippen molar-refractivity contribution in [1.82, 2.24) is 19.8 Å². The molecule has 0 atom stereocenters. The van der Waals surface area contributed by atoms with Gasteiger partial charge in [0.2, 0.25) is 0 Å². The van der Waals surface area contributed by atoms with E-state index in [2.05, 4.69) is 10.4 Å². The standard InChI is InChI=1S/C9H12F2N4O3S/c1-15-7(5-4-12-3-2-6(5)13-15)8(16)14-19(17,18)9(10)11/h9,12H,2-4H2,1H3,(H,14,16). The van der Waals surface area contributed by atoms with Crippen LogP contribution in [0, 0.1) is 0 Å². The molecule has 106 valence electrons. The van der Waals surface area contributed by atoms with E-state index in [4.69, 9.17) is 0 Å². The van der Waals surface area contributed by atoms with Crippen molar-refractivity contribution in [2.45, 2.75) is 18.7 Å². The summed E-state index contributed by atoms with van der Waals surface area (Å²) in [6, 6.07) is 0. The first-order chi connectivity index (χ1) is 8.83. The fourth-order valence-corrected chi connectivity index (χ4v) is 2.38. The van der Waals surface area contributed by atoms with Crippen LogP contribution in [-0.2, 0) is 30.0 Å². The zero-order chi connectivity index (χ0) is 14.2. The summed E-state index contributed by atoms with van der Waals surface area (Å²) in [5, 5.41) is 7.08. The molecule has 0 spiro atoms. The Kier molecular flexibility index (Phi) is 3.54. The molecule has 0 unspecified atom stereocenters. The number of hydrogen-bond donors (Lipinski definition) is 2. The predicted molar refractivity (Wildman–Crippen MR) is 61.0 cm³/mol. The second-order valence-corrected chi connectivity index (χ2v) is 5.71. The number of carbonyl (C=O) groups is 1. The van der Waals surface area contributed by atoms with E-state index in [9.17, 15) is 22.0 Å². The first kappa shape index (κ1) is 13.9. The second-order valence-electron chi connectivity index (χ2n) is 4.06. The van der Waals surface area contributed by atoms with Crippen molar-refractivity contribution in [3.05, 3.63) is 17.0 Å². The van der Waals surface area contributed by atoms with Crippen molar-refractivity contribution >= 4 is 15.9 Å². The van der Waals surface area contributed by atoms with Crippen LogP contribution < -0.4 is 10.0 Å². The third-order valence-corrected chi connectivity index (χ3v) is 3.69. The topological polar surface area (TPSA) is 93.1 Å². The van der Waals surface area contributed by atoms with Crippen LogP contribution in [0.3, 0.4) is 0 Å². The summed E-state index contributed by atoms with van der Waals surface area (Å²) in [4.78, 5) is 11.8. The highest BCUT2D eigenvalue weighted by atomic mass is 32.2. The van der Waals surface area contributed by atoms with Gasteiger partial charge in [0.25, 0.3) is 15.9 Å². The minimum absolute atomic E-state index is 0.0218. The molecule has 1 amide bonds. The molecule has 1 aliphatic rings. The van der Waals surface area contributed by atoms with Crippen molar-refractivity contribution in [3.63, 3.8) is 0 Å². The van der Waals surface area contributed by atoms with Gasteiger partial charge in [-0.15, -0.1) is 0 Å². The van der Waals surface area contributed by atoms with Crippen LogP contribution in [0.5, 0.6) is 0 Å². The zero-order valence-corrected chi connectivity index (χ0v) is 10.8. The zero-order valence-electron chi connectivity index (χ0n) is 9.98. The van der Waals surface area contributed by atoms with Crippen LogP contribution in [-0.4, -0.2) is 36.4 Å². The Morgan fingerprint density at radius 2 is 2.21 bits per heavy atom. The lowest BCUT2D eigenvalue weighted by Gasteiger charge is -2.12. The fourth-order valence-electron chi connectivity index (χ4n) is 1.94. The normalized spacial score (nSPS) is 15.4. The molecule has 0 fully saturated rings.